The Bertz CT molecular complexity index is 773. The molecule has 2 unspecified atom stereocenters. The molecule has 2 aromatic rings. The van der Waals surface area contributed by atoms with Gasteiger partial charge in [0.25, 0.3) is 0 Å². The van der Waals surface area contributed by atoms with E-state index in [0.29, 0.717) is 6.42 Å². The topological polar surface area (TPSA) is 73.4 Å². The predicted octanol–water partition coefficient (Wildman–Crippen LogP) is 3.17. The van der Waals surface area contributed by atoms with Crippen molar-refractivity contribution in [1.82, 2.24) is 10.9 Å². The van der Waals surface area contributed by atoms with E-state index in [1.165, 1.54) is 0 Å². The smallest absolute Gasteiger partial charge is 0.242 e. The maximum absolute atomic E-state index is 12.6. The van der Waals surface area contributed by atoms with Crippen molar-refractivity contribution in [3.63, 3.8) is 0 Å². The molecular weight excluding hydrogens is 314 g/mol. The van der Waals surface area contributed by atoms with Crippen molar-refractivity contribution in [3.8, 4) is 5.75 Å². The van der Waals surface area contributed by atoms with Crippen LogP contribution in [-0.4, -0.2) is 17.1 Å². The van der Waals surface area contributed by atoms with Crippen LogP contribution in [-0.2, 0) is 4.79 Å². The lowest BCUT2D eigenvalue weighted by atomic mass is 9.95. The van der Waals surface area contributed by atoms with Crippen LogP contribution in [0.4, 0.5) is 5.69 Å². The molecule has 3 rings (SSSR count). The van der Waals surface area contributed by atoms with Gasteiger partial charge in [-0.1, -0.05) is 24.3 Å². The second-order valence-electron chi connectivity index (χ2n) is 6.90. The second kappa shape index (κ2) is 6.86. The minimum absolute atomic E-state index is 0.0725. The first-order valence-electron chi connectivity index (χ1n) is 8.55. The zero-order chi connectivity index (χ0) is 18.1. The predicted molar refractivity (Wildman–Crippen MR) is 99.5 cm³/mol. The highest BCUT2D eigenvalue weighted by Gasteiger charge is 2.32. The number of carbonyl (C=O) groups is 1. The van der Waals surface area contributed by atoms with Gasteiger partial charge < -0.3 is 10.4 Å². The van der Waals surface area contributed by atoms with Gasteiger partial charge in [0.05, 0.1) is 6.04 Å². The van der Waals surface area contributed by atoms with Gasteiger partial charge in [0, 0.05) is 11.3 Å². The molecule has 5 heteroatoms. The van der Waals surface area contributed by atoms with Crippen LogP contribution < -0.4 is 16.2 Å². The first-order chi connectivity index (χ1) is 11.9. The fourth-order valence-electron chi connectivity index (χ4n) is 3.55. The molecule has 4 N–H and O–H groups in total. The Labute approximate surface area is 148 Å². The molecule has 0 aromatic heterocycles. The van der Waals surface area contributed by atoms with Crippen molar-refractivity contribution in [2.24, 2.45) is 0 Å². The van der Waals surface area contributed by atoms with Gasteiger partial charge in [-0.15, -0.1) is 0 Å². The molecule has 1 aliphatic rings. The largest absolute Gasteiger partial charge is 0.508 e. The lowest BCUT2D eigenvalue weighted by molar-refractivity contribution is -0.117. The maximum Gasteiger partial charge on any atom is 0.242 e. The molecule has 2 aromatic carbocycles. The fraction of sp³-hybridized carbons (Fsp3) is 0.350. The number of aryl methyl sites for hydroxylation is 4. The summed E-state index contributed by atoms with van der Waals surface area (Å²) in [6.45, 7) is 7.91. The van der Waals surface area contributed by atoms with Crippen LogP contribution in [0, 0.1) is 27.7 Å². The number of carbonyl (C=O) groups excluding carboxylic acids is 1. The molecular formula is C20H25N3O2. The Morgan fingerprint density at radius 1 is 1.08 bits per heavy atom. The van der Waals surface area contributed by atoms with E-state index in [0.717, 1.165) is 33.5 Å². The van der Waals surface area contributed by atoms with E-state index in [1.807, 2.05) is 52.0 Å². The fourth-order valence-corrected chi connectivity index (χ4v) is 3.55. The molecule has 1 aliphatic heterocycles. The summed E-state index contributed by atoms with van der Waals surface area (Å²) in [5.41, 5.74) is 12.1. The summed E-state index contributed by atoms with van der Waals surface area (Å²) >= 11 is 0. The monoisotopic (exact) mass is 339 g/mol. The van der Waals surface area contributed by atoms with Crippen molar-refractivity contribution in [1.29, 1.82) is 0 Å². The first-order valence-corrected chi connectivity index (χ1v) is 8.55. The van der Waals surface area contributed by atoms with Gasteiger partial charge in [0.2, 0.25) is 5.91 Å². The summed E-state index contributed by atoms with van der Waals surface area (Å²) in [4.78, 5) is 12.6. The SMILES string of the molecule is Cc1cc(C)c(C2CC(C(=O)Nc3c(C)cccc3C)NN2)c(O)c1. The van der Waals surface area contributed by atoms with Crippen LogP contribution in [0.1, 0.15) is 40.3 Å². The molecule has 0 radical (unpaired) electrons. The molecule has 132 valence electrons. The summed E-state index contributed by atoms with van der Waals surface area (Å²) in [7, 11) is 0. The van der Waals surface area contributed by atoms with E-state index in [9.17, 15) is 9.90 Å². The standard InChI is InChI=1S/C20H25N3O2/c1-11-8-14(4)18(17(24)9-11)15-10-16(23-22-15)20(25)21-19-12(2)6-5-7-13(19)3/h5-9,15-16,22-24H,10H2,1-4H3,(H,21,25). The Kier molecular flexibility index (Phi) is 4.79. The van der Waals surface area contributed by atoms with Crippen LogP contribution >= 0.6 is 0 Å². The van der Waals surface area contributed by atoms with Gasteiger partial charge in [-0.3, -0.25) is 4.79 Å². The lowest BCUT2D eigenvalue weighted by Gasteiger charge is -2.16. The van der Waals surface area contributed by atoms with Gasteiger partial charge in [0.1, 0.15) is 11.8 Å². The number of nitrogens with one attached hydrogen (secondary N) is 3. The van der Waals surface area contributed by atoms with Crippen molar-refractivity contribution in [3.05, 3.63) is 58.1 Å². The van der Waals surface area contributed by atoms with Gasteiger partial charge in [-0.25, -0.2) is 10.9 Å². The third-order valence-electron chi connectivity index (χ3n) is 4.81. The number of hydrazine groups is 1. The zero-order valence-corrected chi connectivity index (χ0v) is 15.1. The molecule has 1 saturated heterocycles. The minimum Gasteiger partial charge on any atom is -0.508 e. The van der Waals surface area contributed by atoms with E-state index in [2.05, 4.69) is 16.2 Å². The van der Waals surface area contributed by atoms with Crippen LogP contribution in [0.25, 0.3) is 0 Å². The number of phenols is 1. The molecule has 0 spiro atoms. The van der Waals surface area contributed by atoms with E-state index >= 15 is 0 Å². The first kappa shape index (κ1) is 17.5. The molecule has 1 amide bonds. The van der Waals surface area contributed by atoms with E-state index in [1.54, 1.807) is 6.07 Å². The average Bonchev–Trinajstić information content (AvgIpc) is 2.99. The highest BCUT2D eigenvalue weighted by Crippen LogP contribution is 2.33. The summed E-state index contributed by atoms with van der Waals surface area (Å²) in [6, 6.07) is 9.29. The van der Waals surface area contributed by atoms with E-state index < -0.39 is 0 Å². The molecule has 5 nitrogen and oxygen atoms in total. The molecule has 0 aliphatic carbocycles. The van der Waals surface area contributed by atoms with Crippen LogP contribution in [0.2, 0.25) is 0 Å². The highest BCUT2D eigenvalue weighted by atomic mass is 16.3. The second-order valence-corrected chi connectivity index (χ2v) is 6.90. The average molecular weight is 339 g/mol. The van der Waals surface area contributed by atoms with Crippen molar-refractivity contribution < 1.29 is 9.90 Å². The zero-order valence-electron chi connectivity index (χ0n) is 15.1. The Morgan fingerprint density at radius 2 is 1.76 bits per heavy atom. The highest BCUT2D eigenvalue weighted by molar-refractivity contribution is 5.96. The lowest BCUT2D eigenvalue weighted by Crippen LogP contribution is -2.39. The number of phenolic OH excluding ortho intramolecular Hbond substituents is 1. The Balaban J connectivity index is 1.74. The van der Waals surface area contributed by atoms with Gasteiger partial charge in [-0.05, 0) is 62.4 Å². The van der Waals surface area contributed by atoms with Crippen molar-refractivity contribution in [2.75, 3.05) is 5.32 Å². The molecule has 0 bridgehead atoms. The van der Waals surface area contributed by atoms with Crippen molar-refractivity contribution >= 4 is 11.6 Å². The normalized spacial score (nSPS) is 19.8. The molecule has 1 heterocycles. The number of rotatable bonds is 3. The third-order valence-corrected chi connectivity index (χ3v) is 4.81. The van der Waals surface area contributed by atoms with Crippen LogP contribution in [0.15, 0.2) is 30.3 Å². The number of amides is 1. The summed E-state index contributed by atoms with van der Waals surface area (Å²) in [5.74, 6) is 0.198. The maximum atomic E-state index is 12.6. The number of hydrogen-bond acceptors (Lipinski definition) is 4. The quantitative estimate of drug-likeness (QED) is 0.693. The van der Waals surface area contributed by atoms with Crippen LogP contribution in [0.5, 0.6) is 5.75 Å². The number of para-hydroxylation sites is 1. The van der Waals surface area contributed by atoms with Gasteiger partial charge >= 0.3 is 0 Å². The van der Waals surface area contributed by atoms with Gasteiger partial charge in [0.15, 0.2) is 0 Å². The minimum atomic E-state index is -0.357. The van der Waals surface area contributed by atoms with E-state index in [-0.39, 0.29) is 23.7 Å². The Hall–Kier alpha value is -2.37. The molecule has 2 atom stereocenters. The summed E-state index contributed by atoms with van der Waals surface area (Å²) < 4.78 is 0. The van der Waals surface area contributed by atoms with Crippen LogP contribution in [0.3, 0.4) is 0 Å². The number of aromatic hydroxyl groups is 1. The Morgan fingerprint density at radius 3 is 2.40 bits per heavy atom. The third kappa shape index (κ3) is 3.52. The molecule has 25 heavy (non-hydrogen) atoms. The van der Waals surface area contributed by atoms with Gasteiger partial charge in [-0.2, -0.15) is 0 Å². The molecule has 0 saturated carbocycles. The number of hydrogen-bond donors (Lipinski definition) is 4. The molecule has 1 fully saturated rings. The number of benzene rings is 2. The van der Waals surface area contributed by atoms with E-state index in [4.69, 9.17) is 0 Å². The summed E-state index contributed by atoms with van der Waals surface area (Å²) in [6.07, 6.45) is 0.578. The van der Waals surface area contributed by atoms with Crippen molar-refractivity contribution in [2.45, 2.75) is 46.2 Å². The summed E-state index contributed by atoms with van der Waals surface area (Å²) in [5, 5.41) is 13.3. The number of anilines is 1.